The van der Waals surface area contributed by atoms with Crippen molar-refractivity contribution in [2.24, 2.45) is 4.99 Å². The Labute approximate surface area is 121 Å². The van der Waals surface area contributed by atoms with Crippen LogP contribution in [0.5, 0.6) is 0 Å². The van der Waals surface area contributed by atoms with Crippen molar-refractivity contribution in [1.82, 2.24) is 5.48 Å². The van der Waals surface area contributed by atoms with Gasteiger partial charge in [-0.2, -0.15) is 0 Å². The second-order valence-corrected chi connectivity index (χ2v) is 3.67. The molecule has 8 nitrogen and oxygen atoms in total. The van der Waals surface area contributed by atoms with Crippen LogP contribution in [0.2, 0.25) is 0 Å². The number of ether oxygens (including phenoxy) is 1. The first-order chi connectivity index (χ1) is 10.1. The maximum Gasteiger partial charge on any atom is 0.338 e. The normalized spacial score (nSPS) is 11.4. The average Bonchev–Trinajstić information content (AvgIpc) is 2.47. The molecule has 1 rings (SSSR count). The van der Waals surface area contributed by atoms with Gasteiger partial charge in [0, 0.05) is 0 Å². The maximum atomic E-state index is 11.4. The maximum absolute atomic E-state index is 11.4. The zero-order valence-corrected chi connectivity index (χ0v) is 11.6. The van der Waals surface area contributed by atoms with E-state index in [1.807, 2.05) is 0 Å². The van der Waals surface area contributed by atoms with E-state index in [0.29, 0.717) is 17.9 Å². The van der Waals surface area contributed by atoms with Crippen LogP contribution >= 0.6 is 0 Å². The summed E-state index contributed by atoms with van der Waals surface area (Å²) >= 11 is 0. The number of carbonyl (C=O) groups is 1. The van der Waals surface area contributed by atoms with Crippen LogP contribution in [0.1, 0.15) is 17.3 Å². The Morgan fingerprint density at radius 1 is 1.43 bits per heavy atom. The molecule has 21 heavy (non-hydrogen) atoms. The van der Waals surface area contributed by atoms with E-state index >= 15 is 0 Å². The minimum absolute atomic E-state index is 0.272. The Bertz CT molecular complexity index is 551. The number of hydroxylamine groups is 1. The van der Waals surface area contributed by atoms with Crippen molar-refractivity contribution < 1.29 is 19.3 Å². The Morgan fingerprint density at radius 2 is 2.10 bits per heavy atom. The molecule has 8 heteroatoms. The Hall–Kier alpha value is -2.74. The lowest BCUT2D eigenvalue weighted by Gasteiger charge is -2.01. The summed E-state index contributed by atoms with van der Waals surface area (Å²) in [4.78, 5) is 30.0. The van der Waals surface area contributed by atoms with Gasteiger partial charge in [-0.3, -0.25) is 20.4 Å². The largest absolute Gasteiger partial charge is 0.462 e. The smallest absolute Gasteiger partial charge is 0.338 e. The van der Waals surface area contributed by atoms with E-state index in [9.17, 15) is 14.9 Å². The third-order valence-electron chi connectivity index (χ3n) is 2.26. The van der Waals surface area contributed by atoms with Crippen LogP contribution < -0.4 is 5.48 Å². The van der Waals surface area contributed by atoms with E-state index < -0.39 is 10.9 Å². The van der Waals surface area contributed by atoms with E-state index in [-0.39, 0.29) is 5.70 Å². The average molecular weight is 293 g/mol. The van der Waals surface area contributed by atoms with Gasteiger partial charge in [0.25, 0.3) is 0 Å². The third-order valence-corrected chi connectivity index (χ3v) is 2.26. The predicted molar refractivity (Wildman–Crippen MR) is 75.8 cm³/mol. The van der Waals surface area contributed by atoms with Crippen LogP contribution in [0.25, 0.3) is 0 Å². The minimum Gasteiger partial charge on any atom is -0.462 e. The summed E-state index contributed by atoms with van der Waals surface area (Å²) in [7, 11) is 1.33. The molecule has 0 fully saturated rings. The fourth-order valence-electron chi connectivity index (χ4n) is 1.30. The van der Waals surface area contributed by atoms with Crippen LogP contribution in [0.3, 0.4) is 0 Å². The molecule has 0 saturated carbocycles. The van der Waals surface area contributed by atoms with Crippen LogP contribution in [-0.4, -0.2) is 30.8 Å². The molecule has 0 aliphatic rings. The fourth-order valence-corrected chi connectivity index (χ4v) is 1.30. The van der Waals surface area contributed by atoms with Crippen LogP contribution in [-0.2, 0) is 9.57 Å². The molecular weight excluding hydrogens is 278 g/mol. The van der Waals surface area contributed by atoms with E-state index in [4.69, 9.17) is 4.74 Å². The quantitative estimate of drug-likeness (QED) is 0.356. The summed E-state index contributed by atoms with van der Waals surface area (Å²) in [6.07, 6.45) is 2.14. The highest BCUT2D eigenvalue weighted by Crippen LogP contribution is 2.13. The Balaban J connectivity index is 2.80. The highest BCUT2D eigenvalue weighted by molar-refractivity contribution is 5.89. The van der Waals surface area contributed by atoms with Gasteiger partial charge < -0.3 is 4.74 Å². The fraction of sp³-hybridized carbons (Fsp3) is 0.231. The molecule has 0 bridgehead atoms. The minimum atomic E-state index is -0.609. The van der Waals surface area contributed by atoms with E-state index in [2.05, 4.69) is 15.3 Å². The van der Waals surface area contributed by atoms with Crippen molar-refractivity contribution >= 4 is 17.9 Å². The summed E-state index contributed by atoms with van der Waals surface area (Å²) < 4.78 is 4.84. The van der Waals surface area contributed by atoms with Crippen LogP contribution in [0.15, 0.2) is 41.2 Å². The molecule has 0 atom stereocenters. The van der Waals surface area contributed by atoms with Gasteiger partial charge in [-0.05, 0) is 31.2 Å². The van der Waals surface area contributed by atoms with Gasteiger partial charge in [0.2, 0.25) is 0 Å². The van der Waals surface area contributed by atoms with Crippen molar-refractivity contribution in [2.45, 2.75) is 6.92 Å². The molecule has 0 amide bonds. The summed E-state index contributed by atoms with van der Waals surface area (Å²) in [5.74, 6) is -0.428. The zero-order chi connectivity index (χ0) is 15.7. The number of benzene rings is 1. The SMILES string of the molecule is CCOC(=O)c1ccc(N=CC(=CNOC)[N+](=O)[O-])cc1. The van der Waals surface area contributed by atoms with Crippen molar-refractivity contribution in [3.05, 3.63) is 51.8 Å². The number of hydrogen-bond donors (Lipinski definition) is 1. The van der Waals surface area contributed by atoms with Crippen molar-refractivity contribution in [1.29, 1.82) is 0 Å². The lowest BCUT2D eigenvalue weighted by atomic mass is 10.2. The molecular formula is C13H15N3O5. The first kappa shape index (κ1) is 16.3. The number of nitrogens with one attached hydrogen (secondary N) is 1. The van der Waals surface area contributed by atoms with Crippen LogP contribution in [0.4, 0.5) is 5.69 Å². The Morgan fingerprint density at radius 3 is 2.62 bits per heavy atom. The molecule has 0 aromatic heterocycles. The van der Waals surface area contributed by atoms with E-state index in [1.54, 1.807) is 19.1 Å². The molecule has 1 aromatic carbocycles. The topological polar surface area (TPSA) is 103 Å². The van der Waals surface area contributed by atoms with Gasteiger partial charge in [-0.15, -0.1) is 0 Å². The first-order valence-corrected chi connectivity index (χ1v) is 6.02. The molecule has 0 unspecified atom stereocenters. The first-order valence-electron chi connectivity index (χ1n) is 6.02. The highest BCUT2D eigenvalue weighted by Gasteiger charge is 2.07. The molecule has 0 aliphatic carbocycles. The number of allylic oxidation sites excluding steroid dienone is 1. The number of hydrogen-bond acceptors (Lipinski definition) is 7. The zero-order valence-electron chi connectivity index (χ0n) is 11.6. The number of esters is 1. The Kier molecular flexibility index (Phi) is 6.55. The summed E-state index contributed by atoms with van der Waals surface area (Å²) in [6, 6.07) is 6.19. The molecule has 0 spiro atoms. The van der Waals surface area contributed by atoms with Crippen LogP contribution in [0, 0.1) is 10.1 Å². The summed E-state index contributed by atoms with van der Waals surface area (Å²) in [5, 5.41) is 10.7. The third kappa shape index (κ3) is 5.41. The summed E-state index contributed by atoms with van der Waals surface area (Å²) in [5.41, 5.74) is 2.83. The number of carbonyl (C=O) groups excluding carboxylic acids is 1. The molecule has 1 aromatic rings. The van der Waals surface area contributed by atoms with E-state index in [0.717, 1.165) is 12.4 Å². The molecule has 0 aliphatic heterocycles. The molecule has 112 valence electrons. The van der Waals surface area contributed by atoms with Gasteiger partial charge in [0.05, 0.1) is 29.9 Å². The number of nitrogens with zero attached hydrogens (tertiary/aromatic N) is 2. The monoisotopic (exact) mass is 293 g/mol. The van der Waals surface area contributed by atoms with Crippen molar-refractivity contribution in [3.63, 3.8) is 0 Å². The number of aliphatic imine (C=N–C) groups is 1. The van der Waals surface area contributed by atoms with Crippen molar-refractivity contribution in [3.8, 4) is 0 Å². The van der Waals surface area contributed by atoms with Gasteiger partial charge >= 0.3 is 11.7 Å². The standard InChI is InChI=1S/C13H15N3O5/c1-3-21-13(17)10-4-6-11(7-5-10)14-8-12(16(18)19)9-15-20-2/h4-9,15H,3H2,1-2H3. The van der Waals surface area contributed by atoms with Gasteiger partial charge in [0.15, 0.2) is 0 Å². The molecule has 0 saturated heterocycles. The van der Waals surface area contributed by atoms with Crippen molar-refractivity contribution in [2.75, 3.05) is 13.7 Å². The number of rotatable bonds is 7. The number of nitro groups is 1. The predicted octanol–water partition coefficient (Wildman–Crippen LogP) is 1.83. The second-order valence-electron chi connectivity index (χ2n) is 3.67. The lowest BCUT2D eigenvalue weighted by Crippen LogP contribution is -2.08. The summed E-state index contributed by atoms with van der Waals surface area (Å²) in [6.45, 7) is 2.01. The molecule has 0 heterocycles. The second kappa shape index (κ2) is 8.43. The van der Waals surface area contributed by atoms with Gasteiger partial charge in [0.1, 0.15) is 12.4 Å². The lowest BCUT2D eigenvalue weighted by molar-refractivity contribution is -0.415. The van der Waals surface area contributed by atoms with E-state index in [1.165, 1.54) is 19.2 Å². The molecule has 1 N–H and O–H groups in total. The van der Waals surface area contributed by atoms with Gasteiger partial charge in [-0.25, -0.2) is 9.79 Å². The molecule has 0 radical (unpaired) electrons. The van der Waals surface area contributed by atoms with Gasteiger partial charge in [-0.1, -0.05) is 0 Å². The highest BCUT2D eigenvalue weighted by atomic mass is 16.6.